The summed E-state index contributed by atoms with van der Waals surface area (Å²) in [6.07, 6.45) is 0. The Labute approximate surface area is 116 Å². The molecule has 103 valence electrons. The molecule has 0 spiro atoms. The Morgan fingerprint density at radius 1 is 1.32 bits per heavy atom. The second-order valence-electron chi connectivity index (χ2n) is 6.11. The normalized spacial score (nSPS) is 15.2. The fraction of sp³-hybridized carbons (Fsp3) is 0.571. The molecule has 1 aliphatic rings. The topological polar surface area (TPSA) is 44.7 Å². The molecule has 0 unspecified atom stereocenters. The van der Waals surface area contributed by atoms with Crippen LogP contribution in [0.2, 0.25) is 0 Å². The van der Waals surface area contributed by atoms with Crippen LogP contribution in [0.15, 0.2) is 18.2 Å². The van der Waals surface area contributed by atoms with E-state index in [0.717, 1.165) is 17.8 Å². The lowest BCUT2D eigenvalue weighted by molar-refractivity contribution is -0.0893. The van der Waals surface area contributed by atoms with Crippen LogP contribution >= 0.6 is 0 Å². The Morgan fingerprint density at radius 3 is 2.63 bits per heavy atom. The number of benzene rings is 1. The lowest BCUT2D eigenvalue weighted by atomic mass is 9.82. The highest BCUT2D eigenvalue weighted by Gasteiger charge is 2.35. The summed E-state index contributed by atoms with van der Waals surface area (Å²) in [7, 11) is 3.76. The molecule has 1 heterocycles. The van der Waals surface area contributed by atoms with Crippen molar-refractivity contribution in [2.75, 3.05) is 23.9 Å². The quantitative estimate of drug-likeness (QED) is 0.802. The minimum absolute atomic E-state index is 0.643. The number of anilines is 2. The minimum atomic E-state index is -0.904. The first-order chi connectivity index (χ1) is 8.71. The number of hydrogen-bond acceptors (Lipinski definition) is 4. The first-order valence-electron chi connectivity index (χ1n) is 6.53. The lowest BCUT2D eigenvalue weighted by Gasteiger charge is -2.37. The van der Waals surface area contributed by atoms with E-state index in [4.69, 9.17) is 4.65 Å². The van der Waals surface area contributed by atoms with Gasteiger partial charge in [0.1, 0.15) is 0 Å². The van der Waals surface area contributed by atoms with E-state index in [1.165, 1.54) is 5.69 Å². The molecular formula is C14H22BN2O2. The summed E-state index contributed by atoms with van der Waals surface area (Å²) in [6, 6.07) is 6.14. The predicted octanol–water partition coefficient (Wildman–Crippen LogP) is 1.32. The highest BCUT2D eigenvalue weighted by atomic mass is 16.5. The number of hydrogen-bond donors (Lipinski definition) is 2. The number of rotatable bonds is 4. The Kier molecular flexibility index (Phi) is 3.54. The number of aliphatic hydroxyl groups is 1. The third-order valence-electron chi connectivity index (χ3n) is 3.90. The number of fused-ring (bicyclic) bond motifs is 1. The van der Waals surface area contributed by atoms with Gasteiger partial charge in [-0.3, -0.25) is 0 Å². The summed E-state index contributed by atoms with van der Waals surface area (Å²) in [5, 5.41) is 13.4. The standard InChI is InChI=1S/C14H22BN2O2/c1-13(2,18)14(3,4)19-15-10-6-7-12-11(8-10)16-9-17(12)5/h6-8,16,18H,9H2,1-5H3. The van der Waals surface area contributed by atoms with Crippen LogP contribution < -0.4 is 15.7 Å². The van der Waals surface area contributed by atoms with Crippen LogP contribution in [-0.2, 0) is 4.65 Å². The summed E-state index contributed by atoms with van der Waals surface area (Å²) in [5.74, 6) is 0. The first kappa shape index (κ1) is 14.2. The molecule has 5 heteroatoms. The van der Waals surface area contributed by atoms with Gasteiger partial charge in [-0.05, 0) is 39.8 Å². The van der Waals surface area contributed by atoms with Gasteiger partial charge in [-0.2, -0.15) is 0 Å². The zero-order valence-corrected chi connectivity index (χ0v) is 12.3. The summed E-state index contributed by atoms with van der Waals surface area (Å²) in [5.41, 5.74) is 1.74. The molecule has 0 saturated heterocycles. The van der Waals surface area contributed by atoms with Crippen molar-refractivity contribution in [3.05, 3.63) is 18.2 Å². The van der Waals surface area contributed by atoms with E-state index in [-0.39, 0.29) is 0 Å². The van der Waals surface area contributed by atoms with E-state index in [2.05, 4.69) is 29.4 Å². The summed E-state index contributed by atoms with van der Waals surface area (Å²) >= 11 is 0. The van der Waals surface area contributed by atoms with Gasteiger partial charge in [-0.15, -0.1) is 0 Å². The first-order valence-corrected chi connectivity index (χ1v) is 6.53. The third-order valence-corrected chi connectivity index (χ3v) is 3.90. The molecule has 0 aliphatic carbocycles. The maximum absolute atomic E-state index is 10.0. The monoisotopic (exact) mass is 261 g/mol. The number of nitrogens with one attached hydrogen (secondary N) is 1. The summed E-state index contributed by atoms with van der Waals surface area (Å²) < 4.78 is 5.75. The fourth-order valence-corrected chi connectivity index (χ4v) is 1.75. The minimum Gasteiger partial charge on any atom is -0.427 e. The van der Waals surface area contributed by atoms with E-state index in [0.29, 0.717) is 0 Å². The average molecular weight is 261 g/mol. The Hall–Kier alpha value is -1.20. The highest BCUT2D eigenvalue weighted by molar-refractivity contribution is 6.47. The largest absolute Gasteiger partial charge is 0.427 e. The molecule has 0 fully saturated rings. The Balaban J connectivity index is 2.06. The van der Waals surface area contributed by atoms with Gasteiger partial charge in [-0.1, -0.05) is 11.5 Å². The van der Waals surface area contributed by atoms with Crippen molar-refractivity contribution in [3.63, 3.8) is 0 Å². The van der Waals surface area contributed by atoms with E-state index in [1.54, 1.807) is 21.3 Å². The van der Waals surface area contributed by atoms with Gasteiger partial charge in [0, 0.05) is 7.05 Å². The third kappa shape index (κ3) is 2.87. The van der Waals surface area contributed by atoms with Gasteiger partial charge < -0.3 is 20.0 Å². The molecular weight excluding hydrogens is 239 g/mol. The van der Waals surface area contributed by atoms with Crippen LogP contribution in [-0.4, -0.2) is 37.5 Å². The van der Waals surface area contributed by atoms with Gasteiger partial charge in [0.15, 0.2) is 0 Å². The maximum Gasteiger partial charge on any atom is 0.330 e. The molecule has 0 aromatic heterocycles. The van der Waals surface area contributed by atoms with E-state index in [9.17, 15) is 5.11 Å². The van der Waals surface area contributed by atoms with Crippen LogP contribution in [0.5, 0.6) is 0 Å². The maximum atomic E-state index is 10.0. The van der Waals surface area contributed by atoms with Crippen molar-refractivity contribution < 1.29 is 9.76 Å². The van der Waals surface area contributed by atoms with E-state index in [1.807, 2.05) is 19.9 Å². The molecule has 1 radical (unpaired) electrons. The smallest absolute Gasteiger partial charge is 0.330 e. The van der Waals surface area contributed by atoms with Crippen molar-refractivity contribution in [2.24, 2.45) is 0 Å². The molecule has 4 nitrogen and oxygen atoms in total. The summed E-state index contributed by atoms with van der Waals surface area (Å²) in [6.45, 7) is 8.08. The molecule has 2 rings (SSSR count). The molecule has 2 N–H and O–H groups in total. The van der Waals surface area contributed by atoms with Gasteiger partial charge in [0.2, 0.25) is 0 Å². The van der Waals surface area contributed by atoms with Gasteiger partial charge in [0.25, 0.3) is 0 Å². The predicted molar refractivity (Wildman–Crippen MR) is 80.2 cm³/mol. The van der Waals surface area contributed by atoms with Crippen LogP contribution in [0.25, 0.3) is 0 Å². The van der Waals surface area contributed by atoms with Crippen LogP contribution in [0.1, 0.15) is 27.7 Å². The molecule has 0 saturated carbocycles. The van der Waals surface area contributed by atoms with Gasteiger partial charge in [0.05, 0.1) is 29.2 Å². The Morgan fingerprint density at radius 2 is 2.00 bits per heavy atom. The van der Waals surface area contributed by atoms with Crippen molar-refractivity contribution in [1.29, 1.82) is 0 Å². The van der Waals surface area contributed by atoms with Crippen LogP contribution in [0.4, 0.5) is 11.4 Å². The van der Waals surface area contributed by atoms with Crippen molar-refractivity contribution in [1.82, 2.24) is 0 Å². The van der Waals surface area contributed by atoms with Gasteiger partial charge >= 0.3 is 7.48 Å². The van der Waals surface area contributed by atoms with Crippen molar-refractivity contribution in [3.8, 4) is 0 Å². The molecule has 0 bridgehead atoms. The van der Waals surface area contributed by atoms with E-state index >= 15 is 0 Å². The molecule has 1 aromatic carbocycles. The Bertz CT molecular complexity index is 469. The summed E-state index contributed by atoms with van der Waals surface area (Å²) in [4.78, 5) is 2.15. The van der Waals surface area contributed by atoms with Crippen molar-refractivity contribution >= 4 is 24.3 Å². The van der Waals surface area contributed by atoms with Crippen LogP contribution in [0.3, 0.4) is 0 Å². The zero-order chi connectivity index (χ0) is 14.3. The highest BCUT2D eigenvalue weighted by Crippen LogP contribution is 2.28. The van der Waals surface area contributed by atoms with Crippen molar-refractivity contribution in [2.45, 2.75) is 38.9 Å². The lowest BCUT2D eigenvalue weighted by Crippen LogP contribution is -2.49. The van der Waals surface area contributed by atoms with E-state index < -0.39 is 11.2 Å². The fourth-order valence-electron chi connectivity index (χ4n) is 1.75. The molecule has 0 amide bonds. The second kappa shape index (κ2) is 4.73. The van der Waals surface area contributed by atoms with Crippen LogP contribution in [0, 0.1) is 0 Å². The molecule has 1 aliphatic heterocycles. The molecule has 19 heavy (non-hydrogen) atoms. The zero-order valence-electron chi connectivity index (χ0n) is 12.3. The second-order valence-corrected chi connectivity index (χ2v) is 6.11. The van der Waals surface area contributed by atoms with Gasteiger partial charge in [-0.25, -0.2) is 0 Å². The average Bonchev–Trinajstić information content (AvgIpc) is 2.67. The molecule has 0 atom stereocenters. The number of nitrogens with zero attached hydrogens (tertiary/aromatic N) is 1. The molecule has 1 aromatic rings. The SMILES string of the molecule is CN1CNc2cc([B]OC(C)(C)C(C)(C)O)ccc21.